The highest BCUT2D eigenvalue weighted by atomic mass is 79.9. The smallest absolute Gasteiger partial charge is 0.573 e. The minimum Gasteiger partial charge on any atom is -1.00 e. The zero-order valence-corrected chi connectivity index (χ0v) is 20.2. The minimum atomic E-state index is -4.77. The first-order valence-corrected chi connectivity index (χ1v) is 11.8. The molecule has 0 aliphatic rings. The van der Waals surface area contributed by atoms with Crippen molar-refractivity contribution in [3.63, 3.8) is 0 Å². The van der Waals surface area contributed by atoms with Crippen molar-refractivity contribution in [2.45, 2.75) is 19.7 Å². The maximum atomic E-state index is 13.4. The van der Waals surface area contributed by atoms with E-state index >= 15 is 0 Å². The highest BCUT2D eigenvalue weighted by molar-refractivity contribution is 7.95. The van der Waals surface area contributed by atoms with Crippen LogP contribution in [0.4, 0.5) is 18.9 Å². The van der Waals surface area contributed by atoms with Crippen molar-refractivity contribution in [2.75, 3.05) is 25.2 Å². The molecule has 0 heterocycles. The number of alkyl halides is 3. The molecule has 0 saturated carbocycles. The topological polar surface area (TPSA) is 12.5 Å². The lowest BCUT2D eigenvalue weighted by Gasteiger charge is -2.29. The van der Waals surface area contributed by atoms with Crippen LogP contribution >= 0.6 is 7.26 Å². The maximum absolute atomic E-state index is 13.4. The zero-order chi connectivity index (χ0) is 21.8. The summed E-state index contributed by atoms with van der Waals surface area (Å²) in [6.07, 6.45) is -3.19. The normalized spacial score (nSPS) is 11.5. The lowest BCUT2D eigenvalue weighted by molar-refractivity contribution is -0.274. The van der Waals surface area contributed by atoms with Gasteiger partial charge in [-0.25, -0.2) is 0 Å². The van der Waals surface area contributed by atoms with Gasteiger partial charge in [-0.15, -0.1) is 13.2 Å². The van der Waals surface area contributed by atoms with Crippen LogP contribution < -0.4 is 42.5 Å². The maximum Gasteiger partial charge on any atom is 0.573 e. The van der Waals surface area contributed by atoms with Crippen LogP contribution in [0, 0.1) is 0 Å². The fourth-order valence-corrected chi connectivity index (χ4v) is 8.27. The number of anilines is 1. The number of hydrogen-bond donors (Lipinski definition) is 0. The quantitative estimate of drug-likeness (QED) is 0.451. The monoisotopic (exact) mass is 511 g/mol. The van der Waals surface area contributed by atoms with Crippen LogP contribution in [0.15, 0.2) is 78.9 Å². The SMILES string of the molecule is CCC[P+](c1ccccc1)(c1ccccc1)c1ccc(N(C)C)cc1OC(F)(F)F.[Br-]. The second-order valence-electron chi connectivity index (χ2n) is 7.30. The van der Waals surface area contributed by atoms with Gasteiger partial charge < -0.3 is 26.6 Å². The molecule has 0 fully saturated rings. The molecule has 31 heavy (non-hydrogen) atoms. The van der Waals surface area contributed by atoms with Crippen LogP contribution in [0.2, 0.25) is 0 Å². The number of rotatable bonds is 7. The van der Waals surface area contributed by atoms with E-state index in [1.165, 1.54) is 6.07 Å². The molecule has 0 N–H and O–H groups in total. The van der Waals surface area contributed by atoms with Gasteiger partial charge in [0.05, 0.1) is 6.16 Å². The Morgan fingerprint density at radius 2 is 1.35 bits per heavy atom. The second kappa shape index (κ2) is 10.5. The second-order valence-corrected chi connectivity index (χ2v) is 10.9. The molecule has 0 radical (unpaired) electrons. The molecule has 0 spiro atoms. The molecular weight excluding hydrogens is 486 g/mol. The molecule has 0 atom stereocenters. The molecule has 0 aliphatic carbocycles. The van der Waals surface area contributed by atoms with Gasteiger partial charge in [0.25, 0.3) is 0 Å². The number of ether oxygens (including phenoxy) is 1. The highest BCUT2D eigenvalue weighted by Gasteiger charge is 2.48. The Kier molecular flexibility index (Phi) is 8.56. The Bertz CT molecular complexity index is 926. The number of benzene rings is 3. The van der Waals surface area contributed by atoms with Gasteiger partial charge in [0.2, 0.25) is 0 Å². The number of hydrogen-bond acceptors (Lipinski definition) is 2. The van der Waals surface area contributed by atoms with Crippen molar-refractivity contribution in [1.29, 1.82) is 0 Å². The van der Waals surface area contributed by atoms with Crippen molar-refractivity contribution in [2.24, 2.45) is 0 Å². The Morgan fingerprint density at radius 3 is 1.77 bits per heavy atom. The number of nitrogens with zero attached hydrogens (tertiary/aromatic N) is 1. The molecule has 166 valence electrons. The van der Waals surface area contributed by atoms with Gasteiger partial charge in [0.15, 0.2) is 5.75 Å². The van der Waals surface area contributed by atoms with Gasteiger partial charge in [-0.3, -0.25) is 0 Å². The van der Waals surface area contributed by atoms with E-state index in [0.29, 0.717) is 11.0 Å². The number of halogens is 4. The molecule has 0 bridgehead atoms. The van der Waals surface area contributed by atoms with Crippen LogP contribution in [-0.2, 0) is 0 Å². The van der Waals surface area contributed by atoms with Gasteiger partial charge in [0.1, 0.15) is 23.2 Å². The summed E-state index contributed by atoms with van der Waals surface area (Å²) in [5.41, 5.74) is 0.661. The fraction of sp³-hybridized carbons (Fsp3) is 0.250. The summed E-state index contributed by atoms with van der Waals surface area (Å²) >= 11 is 0. The summed E-state index contributed by atoms with van der Waals surface area (Å²) in [5.74, 6) is -0.122. The predicted molar refractivity (Wildman–Crippen MR) is 121 cm³/mol. The Hall–Kier alpha value is -2.04. The Balaban J connectivity index is 0.00000341. The van der Waals surface area contributed by atoms with Crippen LogP contribution in [-0.4, -0.2) is 26.6 Å². The average Bonchev–Trinajstić information content (AvgIpc) is 2.72. The largest absolute Gasteiger partial charge is 1.00 e. The van der Waals surface area contributed by atoms with E-state index < -0.39 is 13.6 Å². The van der Waals surface area contributed by atoms with E-state index in [4.69, 9.17) is 0 Å². The minimum absolute atomic E-state index is 0. The van der Waals surface area contributed by atoms with Crippen molar-refractivity contribution in [1.82, 2.24) is 0 Å². The van der Waals surface area contributed by atoms with E-state index in [2.05, 4.69) is 11.7 Å². The molecule has 3 rings (SSSR count). The molecule has 7 heteroatoms. The lowest BCUT2D eigenvalue weighted by Crippen LogP contribution is -3.00. The van der Waals surface area contributed by atoms with Gasteiger partial charge in [-0.2, -0.15) is 0 Å². The van der Waals surface area contributed by atoms with Crippen molar-refractivity contribution < 1.29 is 34.9 Å². The van der Waals surface area contributed by atoms with E-state index in [1.54, 1.807) is 19.0 Å². The predicted octanol–water partition coefficient (Wildman–Crippen LogP) is 2.36. The lowest BCUT2D eigenvalue weighted by atomic mass is 10.3. The molecule has 0 amide bonds. The Morgan fingerprint density at radius 1 is 0.839 bits per heavy atom. The van der Waals surface area contributed by atoms with E-state index in [1.807, 2.05) is 72.8 Å². The molecule has 0 unspecified atom stereocenters. The molecule has 0 aliphatic heterocycles. The molecule has 3 aromatic carbocycles. The first-order valence-electron chi connectivity index (χ1n) is 9.85. The Labute approximate surface area is 193 Å². The summed E-state index contributed by atoms with van der Waals surface area (Å²) in [6, 6.07) is 24.9. The van der Waals surface area contributed by atoms with Crippen molar-refractivity contribution in [3.05, 3.63) is 78.9 Å². The summed E-state index contributed by atoms with van der Waals surface area (Å²) in [6.45, 7) is 2.07. The summed E-state index contributed by atoms with van der Waals surface area (Å²) < 4.78 is 44.8. The zero-order valence-electron chi connectivity index (χ0n) is 17.7. The third-order valence-corrected chi connectivity index (χ3v) is 9.72. The van der Waals surface area contributed by atoms with E-state index in [-0.39, 0.29) is 22.7 Å². The first-order chi connectivity index (χ1) is 14.3. The molecule has 3 aromatic rings. The van der Waals surface area contributed by atoms with Crippen LogP contribution in [0.5, 0.6) is 5.75 Å². The average molecular weight is 512 g/mol. The van der Waals surface area contributed by atoms with E-state index in [9.17, 15) is 13.2 Å². The fourth-order valence-electron chi connectivity index (χ4n) is 3.81. The first kappa shape index (κ1) is 25.2. The van der Waals surface area contributed by atoms with Gasteiger partial charge >= 0.3 is 6.36 Å². The van der Waals surface area contributed by atoms with Gasteiger partial charge in [0, 0.05) is 25.8 Å². The molecule has 0 saturated heterocycles. The van der Waals surface area contributed by atoms with Crippen LogP contribution in [0.1, 0.15) is 13.3 Å². The molecule has 0 aromatic heterocycles. The van der Waals surface area contributed by atoms with Gasteiger partial charge in [-0.05, 0) is 42.8 Å². The summed E-state index contributed by atoms with van der Waals surface area (Å²) in [5, 5.41) is 2.70. The standard InChI is InChI=1S/C24H26F3NOP.BrH/c1-4-17-30(20-11-7-5-8-12-20,21-13-9-6-10-14-21)23-16-15-19(28(2)3)18-22(23)29-24(25,26)27;/h5-16,18H,4,17H2,1-3H3;1H/q+1;/p-1. The summed E-state index contributed by atoms with van der Waals surface area (Å²) in [7, 11) is 1.23. The summed E-state index contributed by atoms with van der Waals surface area (Å²) in [4.78, 5) is 1.78. The van der Waals surface area contributed by atoms with Crippen LogP contribution in [0.25, 0.3) is 0 Å². The van der Waals surface area contributed by atoms with Crippen molar-refractivity contribution in [3.8, 4) is 5.75 Å². The molecular formula is C24H26BrF3NOP. The van der Waals surface area contributed by atoms with Crippen LogP contribution in [0.3, 0.4) is 0 Å². The third kappa shape index (κ3) is 5.61. The third-order valence-electron chi connectivity index (χ3n) is 5.05. The van der Waals surface area contributed by atoms with E-state index in [0.717, 1.165) is 23.2 Å². The van der Waals surface area contributed by atoms with Gasteiger partial charge in [-0.1, -0.05) is 43.3 Å². The molecule has 2 nitrogen and oxygen atoms in total. The highest BCUT2D eigenvalue weighted by Crippen LogP contribution is 2.58. The van der Waals surface area contributed by atoms with Crippen molar-refractivity contribution >= 4 is 28.9 Å².